The van der Waals surface area contributed by atoms with Crippen molar-refractivity contribution in [3.8, 4) is 0 Å². The molecule has 3 heteroatoms. The first kappa shape index (κ1) is 21.8. The Morgan fingerprint density at radius 1 is 1.12 bits per heavy atom. The molecule has 0 aromatic heterocycles. The average Bonchev–Trinajstić information content (AvgIpc) is 2.59. The smallest absolute Gasteiger partial charge is 0.0406 e. The highest BCUT2D eigenvalue weighted by Gasteiger charge is 2.27. The largest absolute Gasteiger partial charge is 0.374 e. The highest BCUT2D eigenvalue weighted by molar-refractivity contribution is 6.30. The van der Waals surface area contributed by atoms with Crippen molar-refractivity contribution in [2.24, 2.45) is 5.92 Å². The van der Waals surface area contributed by atoms with Crippen molar-refractivity contribution < 1.29 is 0 Å². The van der Waals surface area contributed by atoms with Gasteiger partial charge in [0.2, 0.25) is 0 Å². The molecular weight excluding hydrogens is 328 g/mol. The van der Waals surface area contributed by atoms with Gasteiger partial charge in [0.15, 0.2) is 0 Å². The Kier molecular flexibility index (Phi) is 10.6. The van der Waals surface area contributed by atoms with Crippen LogP contribution in [0.4, 0.5) is 0 Å². The van der Waals surface area contributed by atoms with E-state index in [1.165, 1.54) is 44.2 Å². The first-order valence-electron chi connectivity index (χ1n) is 9.40. The maximum Gasteiger partial charge on any atom is 0.0406 e. The van der Waals surface area contributed by atoms with Gasteiger partial charge >= 0.3 is 0 Å². The van der Waals surface area contributed by atoms with Crippen LogP contribution in [0.5, 0.6) is 0 Å². The first-order valence-corrected chi connectivity index (χ1v) is 9.78. The Bertz CT molecular complexity index is 482. The van der Waals surface area contributed by atoms with Crippen molar-refractivity contribution in [2.45, 2.75) is 44.9 Å². The van der Waals surface area contributed by atoms with Crippen molar-refractivity contribution in [3.05, 3.63) is 60.3 Å². The molecule has 1 aliphatic carbocycles. The fraction of sp³-hybridized carbons (Fsp3) is 0.545. The summed E-state index contributed by atoms with van der Waals surface area (Å²) in [6.07, 6.45) is 7.32. The van der Waals surface area contributed by atoms with Crippen LogP contribution in [0, 0.1) is 5.92 Å². The molecule has 0 unspecified atom stereocenters. The lowest BCUT2D eigenvalue weighted by molar-refractivity contribution is 0.200. The molecular formula is C22H35ClN2. The predicted molar refractivity (Wildman–Crippen MR) is 112 cm³/mol. The van der Waals surface area contributed by atoms with E-state index >= 15 is 0 Å². The molecule has 2 fully saturated rings. The zero-order valence-corrected chi connectivity index (χ0v) is 16.8. The maximum absolute atomic E-state index is 5.83. The van der Waals surface area contributed by atoms with Gasteiger partial charge in [0.25, 0.3) is 0 Å². The van der Waals surface area contributed by atoms with Gasteiger partial charge in [0.05, 0.1) is 0 Å². The van der Waals surface area contributed by atoms with E-state index in [9.17, 15) is 0 Å². The zero-order valence-electron chi connectivity index (χ0n) is 16.1. The molecule has 1 aliphatic heterocycles. The number of nitrogens with one attached hydrogen (secondary N) is 1. The maximum atomic E-state index is 5.83. The van der Waals surface area contributed by atoms with E-state index in [1.807, 2.05) is 12.1 Å². The fourth-order valence-electron chi connectivity index (χ4n) is 3.42. The minimum absolute atomic E-state index is 0.656. The minimum atomic E-state index is 0.656. The Balaban J connectivity index is 0.000000246. The molecule has 0 spiro atoms. The lowest BCUT2D eigenvalue weighted by Crippen LogP contribution is -2.43. The number of rotatable bonds is 4. The average molecular weight is 363 g/mol. The lowest BCUT2D eigenvalue weighted by atomic mass is 9.89. The van der Waals surface area contributed by atoms with Crippen LogP contribution >= 0.6 is 11.6 Å². The van der Waals surface area contributed by atoms with Crippen LogP contribution < -0.4 is 5.32 Å². The summed E-state index contributed by atoms with van der Waals surface area (Å²) in [5.41, 5.74) is 2.54. The zero-order chi connectivity index (χ0) is 18.7. The van der Waals surface area contributed by atoms with E-state index in [2.05, 4.69) is 56.1 Å². The number of benzene rings is 1. The normalized spacial score (nSPS) is 17.5. The predicted octanol–water partition coefficient (Wildman–Crippen LogP) is 5.86. The molecule has 2 aliphatic rings. The molecule has 1 aromatic rings. The number of allylic oxidation sites excluding steroid dienone is 1. The molecule has 0 atom stereocenters. The topological polar surface area (TPSA) is 15.3 Å². The third kappa shape index (κ3) is 7.66. The van der Waals surface area contributed by atoms with Gasteiger partial charge in [0, 0.05) is 29.7 Å². The van der Waals surface area contributed by atoms with Crippen molar-refractivity contribution in [1.29, 1.82) is 0 Å². The summed E-state index contributed by atoms with van der Waals surface area (Å²) in [6.45, 7) is 15.4. The van der Waals surface area contributed by atoms with E-state index in [0.29, 0.717) is 5.92 Å². The molecule has 1 heterocycles. The molecule has 25 heavy (non-hydrogen) atoms. The quantitative estimate of drug-likeness (QED) is 0.674. The second-order valence-corrected chi connectivity index (χ2v) is 7.39. The van der Waals surface area contributed by atoms with Crippen LogP contribution in [0.1, 0.15) is 50.5 Å². The monoisotopic (exact) mass is 362 g/mol. The number of hydrogen-bond donors (Lipinski definition) is 1. The lowest BCUT2D eigenvalue weighted by Gasteiger charge is -2.41. The summed E-state index contributed by atoms with van der Waals surface area (Å²) >= 11 is 5.83. The Hall–Kier alpha value is -1.25. The summed E-state index contributed by atoms with van der Waals surface area (Å²) in [5, 5.41) is 4.05. The molecule has 140 valence electrons. The van der Waals surface area contributed by atoms with Gasteiger partial charge in [-0.15, -0.1) is 13.2 Å². The van der Waals surface area contributed by atoms with E-state index in [-0.39, 0.29) is 0 Å². The van der Waals surface area contributed by atoms with Crippen LogP contribution in [0.15, 0.2) is 49.7 Å². The molecule has 0 radical (unpaired) electrons. The summed E-state index contributed by atoms with van der Waals surface area (Å²) in [5.74, 6) is 1.65. The molecule has 3 rings (SSSR count). The van der Waals surface area contributed by atoms with Crippen molar-refractivity contribution in [2.75, 3.05) is 26.7 Å². The van der Waals surface area contributed by atoms with Crippen LogP contribution in [0.25, 0.3) is 0 Å². The molecule has 2 nitrogen and oxygen atoms in total. The van der Waals surface area contributed by atoms with Gasteiger partial charge < -0.3 is 10.2 Å². The third-order valence-electron chi connectivity index (χ3n) is 4.98. The highest BCUT2D eigenvalue weighted by Crippen LogP contribution is 2.29. The summed E-state index contributed by atoms with van der Waals surface area (Å²) < 4.78 is 0. The number of halogens is 1. The Labute approximate surface area is 160 Å². The summed E-state index contributed by atoms with van der Waals surface area (Å²) in [4.78, 5) is 2.29. The van der Waals surface area contributed by atoms with Crippen LogP contribution in [0.3, 0.4) is 0 Å². The standard InChI is InChI=1S/C12H14ClN.C8H17N.C2H4/c1-9(2)14-7-11(8-14)10-3-5-12(13)6-4-10;1-9-7-8-5-3-2-4-6-8;1-2/h3-6,11H,1,7-8H2,2H3;8-9H,2-7H2,1H3;1-2H2. The SMILES string of the molecule is C=C.C=C(C)N1CC(c2ccc(Cl)cc2)C1.CNCC1CCCCC1. The van der Waals surface area contributed by atoms with E-state index in [4.69, 9.17) is 11.6 Å². The highest BCUT2D eigenvalue weighted by atomic mass is 35.5. The second kappa shape index (κ2) is 12.2. The summed E-state index contributed by atoms with van der Waals surface area (Å²) in [7, 11) is 2.05. The molecule has 0 amide bonds. The Morgan fingerprint density at radius 2 is 1.68 bits per heavy atom. The van der Waals surface area contributed by atoms with Gasteiger partial charge in [0.1, 0.15) is 0 Å². The van der Waals surface area contributed by atoms with Gasteiger partial charge in [-0.25, -0.2) is 0 Å². The number of hydrogen-bond acceptors (Lipinski definition) is 2. The van der Waals surface area contributed by atoms with E-state index in [1.54, 1.807) is 0 Å². The molecule has 1 N–H and O–H groups in total. The van der Waals surface area contributed by atoms with Gasteiger partial charge in [-0.2, -0.15) is 0 Å². The minimum Gasteiger partial charge on any atom is -0.374 e. The second-order valence-electron chi connectivity index (χ2n) is 6.95. The van der Waals surface area contributed by atoms with Crippen LogP contribution in [-0.2, 0) is 0 Å². The van der Waals surface area contributed by atoms with Crippen LogP contribution in [0.2, 0.25) is 5.02 Å². The summed E-state index contributed by atoms with van der Waals surface area (Å²) in [6, 6.07) is 8.14. The van der Waals surface area contributed by atoms with E-state index in [0.717, 1.165) is 29.7 Å². The third-order valence-corrected chi connectivity index (χ3v) is 5.23. The van der Waals surface area contributed by atoms with Gasteiger partial charge in [-0.3, -0.25) is 0 Å². The van der Waals surface area contributed by atoms with Crippen LogP contribution in [-0.4, -0.2) is 31.6 Å². The van der Waals surface area contributed by atoms with Gasteiger partial charge in [-0.1, -0.05) is 49.6 Å². The molecule has 0 bridgehead atoms. The number of nitrogens with zero attached hydrogens (tertiary/aromatic N) is 1. The van der Waals surface area contributed by atoms with Crippen molar-refractivity contribution in [3.63, 3.8) is 0 Å². The molecule has 1 saturated heterocycles. The molecule has 1 aromatic carbocycles. The Morgan fingerprint density at radius 3 is 2.16 bits per heavy atom. The van der Waals surface area contributed by atoms with Crippen molar-refractivity contribution in [1.82, 2.24) is 10.2 Å². The van der Waals surface area contributed by atoms with Gasteiger partial charge in [-0.05, 0) is 57.0 Å². The fourth-order valence-corrected chi connectivity index (χ4v) is 3.54. The van der Waals surface area contributed by atoms with Crippen molar-refractivity contribution >= 4 is 11.6 Å². The number of likely N-dealkylation sites (tertiary alicyclic amines) is 1. The first-order chi connectivity index (χ1) is 12.1. The van der Waals surface area contributed by atoms with E-state index < -0.39 is 0 Å². The molecule has 1 saturated carbocycles.